The molecule has 0 radical (unpaired) electrons. The highest BCUT2D eigenvalue weighted by Crippen LogP contribution is 2.37. The Kier molecular flexibility index (Phi) is 4.39. The van der Waals surface area contributed by atoms with Gasteiger partial charge in [-0.25, -0.2) is 9.78 Å². The molecule has 30 heavy (non-hydrogen) atoms. The number of hydrogen-bond donors (Lipinski definition) is 2. The van der Waals surface area contributed by atoms with Gasteiger partial charge in [-0.05, 0) is 18.7 Å². The van der Waals surface area contributed by atoms with E-state index in [1.807, 2.05) is 31.2 Å². The Balaban J connectivity index is 1.75. The van der Waals surface area contributed by atoms with E-state index in [2.05, 4.69) is 17.2 Å². The summed E-state index contributed by atoms with van der Waals surface area (Å²) in [5.41, 5.74) is 4.08. The summed E-state index contributed by atoms with van der Waals surface area (Å²) in [6, 6.07) is 9.43. The minimum absolute atomic E-state index is 0.133. The van der Waals surface area contributed by atoms with E-state index in [-0.39, 0.29) is 12.2 Å². The van der Waals surface area contributed by atoms with Gasteiger partial charge in [0.2, 0.25) is 0 Å². The molecule has 5 rings (SSSR count). The number of carbonyl (C=O) groups excluding carboxylic acids is 1. The first-order valence-corrected chi connectivity index (χ1v) is 9.83. The zero-order valence-corrected chi connectivity index (χ0v) is 16.4. The van der Waals surface area contributed by atoms with E-state index < -0.39 is 12.1 Å². The van der Waals surface area contributed by atoms with E-state index in [9.17, 15) is 14.7 Å². The number of aromatic nitrogens is 2. The summed E-state index contributed by atoms with van der Waals surface area (Å²) in [4.78, 5) is 29.7. The van der Waals surface area contributed by atoms with Gasteiger partial charge in [0.15, 0.2) is 6.10 Å². The summed E-state index contributed by atoms with van der Waals surface area (Å²) in [5, 5.41) is 14.4. The van der Waals surface area contributed by atoms with Crippen LogP contribution in [0.4, 0.5) is 0 Å². The van der Waals surface area contributed by atoms with Crippen molar-refractivity contribution in [2.75, 3.05) is 13.1 Å². The molecule has 2 aromatic heterocycles. The molecule has 1 atom stereocenters. The Bertz CT molecular complexity index is 1330. The Hall–Kier alpha value is -3.47. The van der Waals surface area contributed by atoms with Crippen LogP contribution in [0.1, 0.15) is 35.3 Å². The van der Waals surface area contributed by atoms with Gasteiger partial charge in [-0.3, -0.25) is 4.79 Å². The van der Waals surface area contributed by atoms with Gasteiger partial charge >= 0.3 is 5.97 Å². The van der Waals surface area contributed by atoms with Crippen molar-refractivity contribution >= 4 is 16.9 Å². The van der Waals surface area contributed by atoms with E-state index in [1.54, 1.807) is 10.6 Å². The third-order valence-electron chi connectivity index (χ3n) is 5.54. The monoisotopic (exact) mass is 401 g/mol. The number of fused-ring (bicyclic) bond motifs is 5. The standard InChI is InChI=1S/C23H19N3O4/c1-2-24-9-5-7-13-14-6-3-4-8-18(14)25-20-16(13)11-26-19(20)10-15-17(22(26)28)12-30-23(29)21(15)27/h3-4,6,8,10,21,24,27H,2,9,11-12H2,1H3/t21-/m0/s1. The minimum Gasteiger partial charge on any atom is -0.458 e. The van der Waals surface area contributed by atoms with Crippen LogP contribution in [-0.2, 0) is 22.7 Å². The Morgan fingerprint density at radius 3 is 2.97 bits per heavy atom. The van der Waals surface area contributed by atoms with Gasteiger partial charge in [0.1, 0.15) is 6.61 Å². The fourth-order valence-electron chi connectivity index (χ4n) is 4.04. The number of aliphatic hydroxyl groups is 1. The van der Waals surface area contributed by atoms with Crippen LogP contribution in [0.3, 0.4) is 0 Å². The molecule has 150 valence electrons. The number of para-hydroxylation sites is 1. The van der Waals surface area contributed by atoms with Gasteiger partial charge in [-0.15, -0.1) is 0 Å². The van der Waals surface area contributed by atoms with Crippen LogP contribution in [-0.4, -0.2) is 33.7 Å². The number of rotatable bonds is 2. The number of carbonyl (C=O) groups is 1. The van der Waals surface area contributed by atoms with E-state index in [4.69, 9.17) is 9.72 Å². The van der Waals surface area contributed by atoms with Crippen molar-refractivity contribution < 1.29 is 14.6 Å². The van der Waals surface area contributed by atoms with Crippen molar-refractivity contribution in [3.8, 4) is 23.2 Å². The highest BCUT2D eigenvalue weighted by atomic mass is 16.5. The number of esters is 1. The van der Waals surface area contributed by atoms with E-state index in [1.165, 1.54) is 0 Å². The molecule has 2 N–H and O–H groups in total. The number of nitrogens with one attached hydrogen (secondary N) is 1. The first-order chi connectivity index (χ1) is 14.6. The predicted molar refractivity (Wildman–Crippen MR) is 111 cm³/mol. The van der Waals surface area contributed by atoms with Crippen LogP contribution in [0.5, 0.6) is 0 Å². The van der Waals surface area contributed by atoms with Crippen molar-refractivity contribution in [3.63, 3.8) is 0 Å². The molecule has 7 nitrogen and oxygen atoms in total. The van der Waals surface area contributed by atoms with Crippen LogP contribution in [0.2, 0.25) is 0 Å². The SMILES string of the molecule is CCNCC#Cc1c2c(nc3ccccc13)-c1cc3c(c(=O)n1C2)COC(=O)[C@H]3O. The number of cyclic esters (lactones) is 1. The number of aliphatic hydroxyl groups excluding tert-OH is 1. The predicted octanol–water partition coefficient (Wildman–Crippen LogP) is 1.48. The van der Waals surface area contributed by atoms with E-state index in [0.29, 0.717) is 35.6 Å². The molecular weight excluding hydrogens is 382 g/mol. The van der Waals surface area contributed by atoms with Crippen LogP contribution in [0, 0.1) is 11.8 Å². The first kappa shape index (κ1) is 18.6. The third-order valence-corrected chi connectivity index (χ3v) is 5.54. The van der Waals surface area contributed by atoms with Gasteiger partial charge in [0.25, 0.3) is 5.56 Å². The first-order valence-electron chi connectivity index (χ1n) is 9.83. The molecule has 0 fully saturated rings. The highest BCUT2D eigenvalue weighted by Gasteiger charge is 2.34. The summed E-state index contributed by atoms with van der Waals surface area (Å²) in [6.45, 7) is 3.62. The number of pyridine rings is 2. The topological polar surface area (TPSA) is 93.5 Å². The lowest BCUT2D eigenvalue weighted by atomic mass is 9.99. The smallest absolute Gasteiger partial charge is 0.340 e. The summed E-state index contributed by atoms with van der Waals surface area (Å²) in [6.07, 6.45) is -1.46. The third kappa shape index (κ3) is 2.73. The molecule has 0 saturated carbocycles. The molecule has 7 heteroatoms. The van der Waals surface area contributed by atoms with Gasteiger partial charge in [-0.1, -0.05) is 37.0 Å². The van der Waals surface area contributed by atoms with E-state index in [0.717, 1.165) is 28.6 Å². The maximum absolute atomic E-state index is 13.1. The van der Waals surface area contributed by atoms with Crippen molar-refractivity contribution in [2.24, 2.45) is 0 Å². The molecule has 3 aromatic rings. The molecule has 2 aliphatic rings. The molecule has 0 bridgehead atoms. The zero-order chi connectivity index (χ0) is 20.8. The zero-order valence-electron chi connectivity index (χ0n) is 16.4. The lowest BCUT2D eigenvalue weighted by Crippen LogP contribution is -2.32. The molecule has 1 aromatic carbocycles. The lowest BCUT2D eigenvalue weighted by Gasteiger charge is -2.21. The van der Waals surface area contributed by atoms with Crippen molar-refractivity contribution in [1.82, 2.24) is 14.9 Å². The van der Waals surface area contributed by atoms with E-state index >= 15 is 0 Å². The number of ether oxygens (including phenoxy) is 1. The van der Waals surface area contributed by atoms with Crippen molar-refractivity contribution in [2.45, 2.75) is 26.2 Å². The van der Waals surface area contributed by atoms with Gasteiger partial charge < -0.3 is 19.7 Å². The quantitative estimate of drug-likeness (QED) is 0.300. The Morgan fingerprint density at radius 2 is 2.13 bits per heavy atom. The normalized spacial score (nSPS) is 16.3. The second-order valence-electron chi connectivity index (χ2n) is 7.28. The van der Waals surface area contributed by atoms with Crippen LogP contribution in [0.15, 0.2) is 35.1 Å². The second-order valence-corrected chi connectivity index (χ2v) is 7.28. The number of nitrogens with zero attached hydrogens (tertiary/aromatic N) is 2. The maximum Gasteiger partial charge on any atom is 0.340 e. The number of benzene rings is 1. The highest BCUT2D eigenvalue weighted by molar-refractivity contribution is 5.91. The van der Waals surface area contributed by atoms with Gasteiger partial charge in [-0.2, -0.15) is 0 Å². The van der Waals surface area contributed by atoms with Gasteiger partial charge in [0, 0.05) is 22.1 Å². The maximum atomic E-state index is 13.1. The molecule has 0 saturated heterocycles. The summed E-state index contributed by atoms with van der Waals surface area (Å²) < 4.78 is 6.57. The molecule has 4 heterocycles. The van der Waals surface area contributed by atoms with Crippen molar-refractivity contribution in [1.29, 1.82) is 0 Å². The van der Waals surface area contributed by atoms with Crippen molar-refractivity contribution in [3.05, 3.63) is 62.9 Å². The average Bonchev–Trinajstić information content (AvgIpc) is 3.12. The largest absolute Gasteiger partial charge is 0.458 e. The summed E-state index contributed by atoms with van der Waals surface area (Å²) in [5.74, 6) is 5.68. The summed E-state index contributed by atoms with van der Waals surface area (Å²) in [7, 11) is 0. The molecule has 0 unspecified atom stereocenters. The Labute approximate surface area is 172 Å². The van der Waals surface area contributed by atoms with Gasteiger partial charge in [0.05, 0.1) is 35.6 Å². The fraction of sp³-hybridized carbons (Fsp3) is 0.261. The molecule has 0 spiro atoms. The molecule has 2 aliphatic heterocycles. The molecule has 0 amide bonds. The fourth-order valence-corrected chi connectivity index (χ4v) is 4.04. The molecule has 0 aliphatic carbocycles. The Morgan fingerprint density at radius 1 is 1.30 bits per heavy atom. The average molecular weight is 401 g/mol. The molecular formula is C23H19N3O4. The second kappa shape index (κ2) is 7.10. The summed E-state index contributed by atoms with van der Waals surface area (Å²) >= 11 is 0. The van der Waals surface area contributed by atoms with Crippen LogP contribution < -0.4 is 10.9 Å². The van der Waals surface area contributed by atoms with Crippen LogP contribution in [0.25, 0.3) is 22.3 Å². The minimum atomic E-state index is -1.46. The number of hydrogen-bond acceptors (Lipinski definition) is 6. The van der Waals surface area contributed by atoms with Crippen LogP contribution >= 0.6 is 0 Å². The lowest BCUT2D eigenvalue weighted by molar-refractivity contribution is -0.157.